The number of ether oxygens (including phenoxy) is 1. The number of hydrogen-bond donors (Lipinski definition) is 1. The molecule has 0 aliphatic carbocycles. The molecule has 0 aromatic heterocycles. The first-order valence-electron chi connectivity index (χ1n) is 13.1. The van der Waals surface area contributed by atoms with Crippen LogP contribution in [0.3, 0.4) is 0 Å². The van der Waals surface area contributed by atoms with Gasteiger partial charge in [-0.25, -0.2) is 8.42 Å². The van der Waals surface area contributed by atoms with Crippen LogP contribution >= 0.6 is 0 Å². The lowest BCUT2D eigenvalue weighted by Gasteiger charge is -2.41. The summed E-state index contributed by atoms with van der Waals surface area (Å²) in [5, 5.41) is 3.31. The van der Waals surface area contributed by atoms with E-state index in [0.717, 1.165) is 64.1 Å². The molecule has 4 fully saturated rings. The van der Waals surface area contributed by atoms with Gasteiger partial charge in [0.1, 0.15) is 6.04 Å². The number of fused-ring (bicyclic) bond motifs is 1. The number of likely N-dealkylation sites (tertiary alicyclic amines) is 1. The average molecular weight is 519 g/mol. The van der Waals surface area contributed by atoms with Gasteiger partial charge in [0.05, 0.1) is 16.9 Å². The van der Waals surface area contributed by atoms with E-state index in [1.807, 2.05) is 17.0 Å². The Morgan fingerprint density at radius 2 is 1.75 bits per heavy atom. The average Bonchev–Trinajstić information content (AvgIpc) is 3.28. The highest BCUT2D eigenvalue weighted by Crippen LogP contribution is 2.34. The minimum Gasteiger partial charge on any atom is -0.381 e. The summed E-state index contributed by atoms with van der Waals surface area (Å²) in [7, 11) is -1.08. The molecule has 4 aliphatic rings. The van der Waals surface area contributed by atoms with Crippen molar-refractivity contribution >= 4 is 21.7 Å². The fourth-order valence-electron chi connectivity index (χ4n) is 6.34. The fourth-order valence-corrected chi connectivity index (χ4v) is 6.98. The lowest BCUT2D eigenvalue weighted by atomic mass is 9.84. The molecule has 1 spiro atoms. The van der Waals surface area contributed by atoms with E-state index in [4.69, 9.17) is 4.74 Å². The van der Waals surface area contributed by atoms with Gasteiger partial charge in [0.25, 0.3) is 0 Å². The predicted molar refractivity (Wildman–Crippen MR) is 135 cm³/mol. The molecule has 0 saturated carbocycles. The van der Waals surface area contributed by atoms with E-state index < -0.39 is 15.4 Å². The molecule has 1 aromatic rings. The topological polar surface area (TPSA) is 99.3 Å². The van der Waals surface area contributed by atoms with Crippen LogP contribution in [0.1, 0.15) is 44.1 Å². The summed E-state index contributed by atoms with van der Waals surface area (Å²) in [6.07, 6.45) is 5.73. The number of amides is 2. The Hall–Kier alpha value is -2.01. The Morgan fingerprint density at radius 1 is 1.08 bits per heavy atom. The van der Waals surface area contributed by atoms with Gasteiger partial charge in [-0.1, -0.05) is 12.1 Å². The highest BCUT2D eigenvalue weighted by atomic mass is 32.2. The molecule has 2 atom stereocenters. The molecule has 4 saturated heterocycles. The fraction of sp³-hybridized carbons (Fsp3) is 0.692. The van der Waals surface area contributed by atoms with E-state index >= 15 is 0 Å². The molecule has 5 rings (SSSR count). The summed E-state index contributed by atoms with van der Waals surface area (Å²) in [6, 6.07) is 7.30. The third-order valence-electron chi connectivity index (χ3n) is 8.69. The zero-order valence-electron chi connectivity index (χ0n) is 21.3. The first-order valence-corrected chi connectivity index (χ1v) is 15.0. The Morgan fingerprint density at radius 3 is 2.39 bits per heavy atom. The Labute approximate surface area is 214 Å². The molecule has 10 heteroatoms. The van der Waals surface area contributed by atoms with E-state index in [0.29, 0.717) is 30.3 Å². The SMILES string of the molecule is CN(C1CCOCC1)[C@H]1C[C@H]2C(=O)NC3(CCN(Cc4ccc(S(C)(=O)=O)cc4)CC3)CC(=O)N2C1. The van der Waals surface area contributed by atoms with Gasteiger partial charge in [-0.05, 0) is 56.8 Å². The van der Waals surface area contributed by atoms with Crippen LogP contribution < -0.4 is 5.32 Å². The second-order valence-corrected chi connectivity index (χ2v) is 13.1. The maximum atomic E-state index is 13.4. The van der Waals surface area contributed by atoms with Gasteiger partial charge in [-0.2, -0.15) is 0 Å². The van der Waals surface area contributed by atoms with Crippen LogP contribution in [-0.4, -0.2) is 105 Å². The standard InChI is InChI=1S/C26H38N4O5S/c1-28(20-7-13-35-14-8-20)21-15-23-25(32)27-26(16-24(31)30(23)18-21)9-11-29(12-10-26)17-19-3-5-22(6-4-19)36(2,33)34/h3-6,20-21,23H,7-18H2,1-2H3,(H,27,32)/t21-,23-/m0/s1. The van der Waals surface area contributed by atoms with E-state index in [1.165, 1.54) is 6.26 Å². The Balaban J connectivity index is 1.18. The van der Waals surface area contributed by atoms with Crippen molar-refractivity contribution < 1.29 is 22.7 Å². The maximum absolute atomic E-state index is 13.4. The number of piperidine rings is 1. The van der Waals surface area contributed by atoms with Crippen LogP contribution in [-0.2, 0) is 30.7 Å². The molecule has 2 amide bonds. The van der Waals surface area contributed by atoms with Crippen LogP contribution in [0.15, 0.2) is 29.2 Å². The number of carbonyl (C=O) groups is 2. The zero-order valence-corrected chi connectivity index (χ0v) is 22.1. The predicted octanol–water partition coefficient (Wildman–Crippen LogP) is 1.02. The van der Waals surface area contributed by atoms with Crippen LogP contribution in [0.5, 0.6) is 0 Å². The molecule has 1 N–H and O–H groups in total. The summed E-state index contributed by atoms with van der Waals surface area (Å²) in [4.78, 5) is 33.6. The molecular weight excluding hydrogens is 480 g/mol. The molecule has 198 valence electrons. The van der Waals surface area contributed by atoms with Crippen molar-refractivity contribution in [3.63, 3.8) is 0 Å². The quantitative estimate of drug-likeness (QED) is 0.622. The van der Waals surface area contributed by atoms with Crippen LogP contribution in [0, 0.1) is 0 Å². The third-order valence-corrected chi connectivity index (χ3v) is 9.82. The second-order valence-electron chi connectivity index (χ2n) is 11.1. The smallest absolute Gasteiger partial charge is 0.243 e. The minimum atomic E-state index is -3.20. The van der Waals surface area contributed by atoms with Gasteiger partial charge < -0.3 is 15.0 Å². The van der Waals surface area contributed by atoms with Gasteiger partial charge >= 0.3 is 0 Å². The number of hydrogen-bond acceptors (Lipinski definition) is 7. The number of nitrogens with one attached hydrogen (secondary N) is 1. The van der Waals surface area contributed by atoms with Gasteiger partial charge in [-0.3, -0.25) is 19.4 Å². The monoisotopic (exact) mass is 518 g/mol. The number of sulfone groups is 1. The third kappa shape index (κ3) is 5.32. The normalized spacial score (nSPS) is 27.8. The molecule has 4 heterocycles. The highest BCUT2D eigenvalue weighted by Gasteiger charge is 2.49. The van der Waals surface area contributed by atoms with Crippen LogP contribution in [0.25, 0.3) is 0 Å². The Kier molecular flexibility index (Phi) is 7.15. The van der Waals surface area contributed by atoms with Crippen molar-refractivity contribution in [2.45, 2.75) is 73.6 Å². The molecule has 0 bridgehead atoms. The summed E-state index contributed by atoms with van der Waals surface area (Å²) in [6.45, 7) is 4.45. The molecule has 4 aliphatic heterocycles. The number of carbonyl (C=O) groups excluding carboxylic acids is 2. The molecule has 9 nitrogen and oxygen atoms in total. The zero-order chi connectivity index (χ0) is 25.5. The van der Waals surface area contributed by atoms with Gasteiger partial charge in [0.15, 0.2) is 9.84 Å². The lowest BCUT2D eigenvalue weighted by molar-refractivity contribution is -0.135. The summed E-state index contributed by atoms with van der Waals surface area (Å²) in [5.74, 6) is 0.0829. The minimum absolute atomic E-state index is 0.00598. The first kappa shape index (κ1) is 25.6. The van der Waals surface area contributed by atoms with Crippen molar-refractivity contribution in [3.05, 3.63) is 29.8 Å². The molecular formula is C26H38N4O5S. The Bertz CT molecular complexity index is 1050. The maximum Gasteiger partial charge on any atom is 0.243 e. The summed E-state index contributed by atoms with van der Waals surface area (Å²) in [5.41, 5.74) is 0.580. The van der Waals surface area contributed by atoms with Gasteiger partial charge in [-0.15, -0.1) is 0 Å². The van der Waals surface area contributed by atoms with Crippen molar-refractivity contribution in [1.29, 1.82) is 0 Å². The van der Waals surface area contributed by atoms with Crippen molar-refractivity contribution in [2.75, 3.05) is 46.2 Å². The number of likely N-dealkylation sites (N-methyl/N-ethyl adjacent to an activating group) is 1. The van der Waals surface area contributed by atoms with E-state index in [1.54, 1.807) is 12.1 Å². The molecule has 1 aromatic carbocycles. The van der Waals surface area contributed by atoms with Crippen molar-refractivity contribution in [3.8, 4) is 0 Å². The van der Waals surface area contributed by atoms with Crippen molar-refractivity contribution in [2.24, 2.45) is 0 Å². The van der Waals surface area contributed by atoms with E-state index in [-0.39, 0.29) is 23.9 Å². The number of benzene rings is 1. The second kappa shape index (κ2) is 10.0. The van der Waals surface area contributed by atoms with E-state index in [2.05, 4.69) is 22.2 Å². The highest BCUT2D eigenvalue weighted by molar-refractivity contribution is 7.90. The number of nitrogens with zero attached hydrogens (tertiary/aromatic N) is 3. The first-order chi connectivity index (χ1) is 17.1. The van der Waals surface area contributed by atoms with Gasteiger partial charge in [0, 0.05) is 57.7 Å². The van der Waals surface area contributed by atoms with Crippen LogP contribution in [0.2, 0.25) is 0 Å². The van der Waals surface area contributed by atoms with E-state index in [9.17, 15) is 18.0 Å². The van der Waals surface area contributed by atoms with Crippen LogP contribution in [0.4, 0.5) is 0 Å². The molecule has 36 heavy (non-hydrogen) atoms. The molecule has 0 radical (unpaired) electrons. The lowest BCUT2D eigenvalue weighted by Crippen LogP contribution is -2.56. The molecule has 0 unspecified atom stereocenters. The van der Waals surface area contributed by atoms with Crippen molar-refractivity contribution in [1.82, 2.24) is 20.0 Å². The summed E-state index contributed by atoms with van der Waals surface area (Å²) >= 11 is 0. The number of rotatable bonds is 5. The largest absolute Gasteiger partial charge is 0.381 e. The summed E-state index contributed by atoms with van der Waals surface area (Å²) < 4.78 is 28.9. The van der Waals surface area contributed by atoms with Gasteiger partial charge in [0.2, 0.25) is 11.8 Å².